The highest BCUT2D eigenvalue weighted by atomic mass is 16.5. The van der Waals surface area contributed by atoms with E-state index in [0.717, 1.165) is 11.3 Å². The minimum Gasteiger partial charge on any atom is -0.494 e. The lowest BCUT2D eigenvalue weighted by molar-refractivity contribution is -0.121. The lowest BCUT2D eigenvalue weighted by Gasteiger charge is -2.29. The normalized spacial score (nSPS) is 12.7. The Morgan fingerprint density at radius 2 is 1.84 bits per heavy atom. The van der Waals surface area contributed by atoms with Crippen LogP contribution in [0.3, 0.4) is 0 Å². The molecular formula is C26H26N2O4. The first-order valence-corrected chi connectivity index (χ1v) is 10.6. The third kappa shape index (κ3) is 5.09. The van der Waals surface area contributed by atoms with Crippen LogP contribution in [-0.4, -0.2) is 31.6 Å². The van der Waals surface area contributed by atoms with Crippen LogP contribution in [0, 0.1) is 13.8 Å². The quantitative estimate of drug-likeness (QED) is 0.549. The van der Waals surface area contributed by atoms with Crippen LogP contribution >= 0.6 is 0 Å². The molecule has 3 aromatic rings. The van der Waals surface area contributed by atoms with Gasteiger partial charge in [0.2, 0.25) is 0 Å². The Labute approximate surface area is 187 Å². The number of hydrogen-bond acceptors (Lipinski definition) is 4. The van der Waals surface area contributed by atoms with E-state index in [4.69, 9.17) is 9.47 Å². The Bertz CT molecular complexity index is 1120. The lowest BCUT2D eigenvalue weighted by Crippen LogP contribution is -2.39. The summed E-state index contributed by atoms with van der Waals surface area (Å²) in [4.78, 5) is 26.7. The van der Waals surface area contributed by atoms with Crippen LogP contribution in [-0.2, 0) is 4.79 Å². The van der Waals surface area contributed by atoms with Crippen LogP contribution < -0.4 is 19.7 Å². The van der Waals surface area contributed by atoms with Crippen molar-refractivity contribution in [1.82, 2.24) is 0 Å². The molecule has 1 N–H and O–H groups in total. The SMILES string of the molecule is Cc1ccc(OCCCN2C(=O)COc3cc(NC(=O)c4cccc(C)c4)ccc32)cc1. The topological polar surface area (TPSA) is 67.9 Å². The summed E-state index contributed by atoms with van der Waals surface area (Å²) < 4.78 is 11.4. The van der Waals surface area contributed by atoms with Gasteiger partial charge in [-0.05, 0) is 56.7 Å². The first kappa shape index (κ1) is 21.4. The van der Waals surface area contributed by atoms with Crippen molar-refractivity contribution >= 4 is 23.2 Å². The maximum Gasteiger partial charge on any atom is 0.265 e. The summed E-state index contributed by atoms with van der Waals surface area (Å²) in [6, 6.07) is 20.6. The second kappa shape index (κ2) is 9.56. The number of fused-ring (bicyclic) bond motifs is 1. The van der Waals surface area contributed by atoms with Crippen molar-refractivity contribution < 1.29 is 19.1 Å². The number of benzene rings is 3. The number of anilines is 2. The number of aryl methyl sites for hydroxylation is 2. The van der Waals surface area contributed by atoms with E-state index in [1.54, 1.807) is 29.2 Å². The summed E-state index contributed by atoms with van der Waals surface area (Å²) in [6.45, 7) is 4.98. The lowest BCUT2D eigenvalue weighted by atomic mass is 10.1. The molecule has 0 aliphatic carbocycles. The number of amides is 2. The standard InChI is InChI=1S/C26H26N2O4/c1-18-7-10-22(11-8-18)31-14-4-13-28-23-12-9-21(16-24(23)32-17-25(28)29)27-26(30)20-6-3-5-19(2)15-20/h3,5-12,15-16H,4,13-14,17H2,1-2H3,(H,27,30). The third-order valence-electron chi connectivity index (χ3n) is 5.26. The zero-order valence-corrected chi connectivity index (χ0v) is 18.3. The number of nitrogens with zero attached hydrogens (tertiary/aromatic N) is 1. The van der Waals surface area contributed by atoms with Crippen LogP contribution in [0.25, 0.3) is 0 Å². The van der Waals surface area contributed by atoms with Crippen LogP contribution in [0.5, 0.6) is 11.5 Å². The van der Waals surface area contributed by atoms with Gasteiger partial charge in [-0.3, -0.25) is 9.59 Å². The van der Waals surface area contributed by atoms with E-state index >= 15 is 0 Å². The van der Waals surface area contributed by atoms with Crippen molar-refractivity contribution in [1.29, 1.82) is 0 Å². The summed E-state index contributed by atoms with van der Waals surface area (Å²) >= 11 is 0. The minimum absolute atomic E-state index is 0.0267. The Hall–Kier alpha value is -3.80. The summed E-state index contributed by atoms with van der Waals surface area (Å²) in [6.07, 6.45) is 0.685. The van der Waals surface area contributed by atoms with E-state index in [2.05, 4.69) is 5.32 Å². The average Bonchev–Trinajstić information content (AvgIpc) is 2.79. The molecule has 0 radical (unpaired) electrons. The van der Waals surface area contributed by atoms with Gasteiger partial charge in [-0.2, -0.15) is 0 Å². The van der Waals surface area contributed by atoms with Crippen molar-refractivity contribution in [2.45, 2.75) is 20.3 Å². The molecule has 0 atom stereocenters. The fourth-order valence-corrected chi connectivity index (χ4v) is 3.56. The van der Waals surface area contributed by atoms with Crippen LogP contribution in [0.4, 0.5) is 11.4 Å². The fourth-order valence-electron chi connectivity index (χ4n) is 3.56. The second-order valence-corrected chi connectivity index (χ2v) is 7.86. The average molecular weight is 431 g/mol. The summed E-state index contributed by atoms with van der Waals surface area (Å²) in [5.74, 6) is 1.11. The van der Waals surface area contributed by atoms with E-state index in [9.17, 15) is 9.59 Å². The van der Waals surface area contributed by atoms with Crippen molar-refractivity contribution in [2.75, 3.05) is 30.0 Å². The van der Waals surface area contributed by atoms with Gasteiger partial charge in [-0.25, -0.2) is 0 Å². The molecule has 1 aliphatic heterocycles. The second-order valence-electron chi connectivity index (χ2n) is 7.86. The Balaban J connectivity index is 1.38. The fraction of sp³-hybridized carbons (Fsp3) is 0.231. The maximum atomic E-state index is 12.5. The van der Waals surface area contributed by atoms with Gasteiger partial charge in [0, 0.05) is 23.9 Å². The van der Waals surface area contributed by atoms with Gasteiger partial charge < -0.3 is 19.7 Å². The van der Waals surface area contributed by atoms with Gasteiger partial charge in [-0.15, -0.1) is 0 Å². The van der Waals surface area contributed by atoms with Crippen molar-refractivity contribution in [2.24, 2.45) is 0 Å². The van der Waals surface area contributed by atoms with E-state index in [1.807, 2.05) is 56.3 Å². The third-order valence-corrected chi connectivity index (χ3v) is 5.26. The summed E-state index contributed by atoms with van der Waals surface area (Å²) in [5, 5.41) is 2.89. The van der Waals surface area contributed by atoms with Crippen LogP contribution in [0.15, 0.2) is 66.7 Å². The van der Waals surface area contributed by atoms with Gasteiger partial charge >= 0.3 is 0 Å². The summed E-state index contributed by atoms with van der Waals surface area (Å²) in [7, 11) is 0. The first-order chi connectivity index (χ1) is 15.5. The van der Waals surface area contributed by atoms with Gasteiger partial charge in [0.1, 0.15) is 11.5 Å². The first-order valence-electron chi connectivity index (χ1n) is 10.6. The molecule has 0 spiro atoms. The smallest absolute Gasteiger partial charge is 0.265 e. The number of rotatable bonds is 7. The molecule has 6 heteroatoms. The highest BCUT2D eigenvalue weighted by Crippen LogP contribution is 2.34. The molecule has 4 rings (SSSR count). The largest absolute Gasteiger partial charge is 0.494 e. The molecule has 32 heavy (non-hydrogen) atoms. The monoisotopic (exact) mass is 430 g/mol. The van der Waals surface area contributed by atoms with E-state index in [-0.39, 0.29) is 18.4 Å². The van der Waals surface area contributed by atoms with Gasteiger partial charge in [0.25, 0.3) is 11.8 Å². The zero-order valence-electron chi connectivity index (χ0n) is 18.3. The molecule has 164 valence electrons. The molecule has 6 nitrogen and oxygen atoms in total. The number of nitrogens with one attached hydrogen (secondary N) is 1. The van der Waals surface area contributed by atoms with Crippen molar-refractivity contribution in [3.8, 4) is 11.5 Å². The molecule has 1 aliphatic rings. The number of carbonyl (C=O) groups excluding carboxylic acids is 2. The van der Waals surface area contributed by atoms with Crippen LogP contribution in [0.2, 0.25) is 0 Å². The Morgan fingerprint density at radius 1 is 1.03 bits per heavy atom. The number of carbonyl (C=O) groups is 2. The molecule has 0 saturated carbocycles. The molecule has 0 aromatic heterocycles. The number of hydrogen-bond donors (Lipinski definition) is 1. The van der Waals surface area contributed by atoms with E-state index in [0.29, 0.717) is 42.3 Å². The Morgan fingerprint density at radius 3 is 2.62 bits per heavy atom. The minimum atomic E-state index is -0.189. The van der Waals surface area contributed by atoms with E-state index in [1.165, 1.54) is 5.56 Å². The van der Waals surface area contributed by atoms with Crippen LogP contribution in [0.1, 0.15) is 27.9 Å². The van der Waals surface area contributed by atoms with Gasteiger partial charge in [0.05, 0.1) is 12.3 Å². The Kier molecular flexibility index (Phi) is 6.40. The summed E-state index contributed by atoms with van der Waals surface area (Å²) in [5.41, 5.74) is 4.11. The molecule has 2 amide bonds. The highest BCUT2D eigenvalue weighted by molar-refractivity contribution is 6.05. The molecule has 1 heterocycles. The van der Waals surface area contributed by atoms with Crippen molar-refractivity contribution in [3.05, 3.63) is 83.4 Å². The molecule has 0 saturated heterocycles. The molecule has 0 fully saturated rings. The maximum absolute atomic E-state index is 12.5. The molecular weight excluding hydrogens is 404 g/mol. The predicted molar refractivity (Wildman–Crippen MR) is 125 cm³/mol. The molecule has 0 bridgehead atoms. The number of ether oxygens (including phenoxy) is 2. The molecule has 0 unspecified atom stereocenters. The van der Waals surface area contributed by atoms with Gasteiger partial charge in [-0.1, -0.05) is 35.4 Å². The zero-order chi connectivity index (χ0) is 22.5. The van der Waals surface area contributed by atoms with Crippen molar-refractivity contribution in [3.63, 3.8) is 0 Å². The predicted octanol–water partition coefficient (Wildman–Crippen LogP) is 4.75. The van der Waals surface area contributed by atoms with Gasteiger partial charge in [0.15, 0.2) is 6.61 Å². The van der Waals surface area contributed by atoms with E-state index < -0.39 is 0 Å². The highest BCUT2D eigenvalue weighted by Gasteiger charge is 2.25. The molecule has 3 aromatic carbocycles.